The molecule has 1 aromatic carbocycles. The SMILES string of the molecule is CC(C)CCN(C(=O)CN1CCC[C@H]1c1cccs1)c1c(N)n(Cc2ccccc2)c(=O)[nH]c1=O. The number of thiophene rings is 1. The highest BCUT2D eigenvalue weighted by molar-refractivity contribution is 7.10. The van der Waals surface area contributed by atoms with E-state index in [1.54, 1.807) is 11.3 Å². The number of nitrogens with one attached hydrogen (secondary N) is 1. The van der Waals surface area contributed by atoms with Gasteiger partial charge in [-0.2, -0.15) is 0 Å². The predicted octanol–water partition coefficient (Wildman–Crippen LogP) is 3.44. The topological polar surface area (TPSA) is 104 Å². The van der Waals surface area contributed by atoms with Gasteiger partial charge in [0.05, 0.1) is 13.1 Å². The molecule has 2 aromatic heterocycles. The summed E-state index contributed by atoms with van der Waals surface area (Å²) >= 11 is 1.70. The van der Waals surface area contributed by atoms with Crippen molar-refractivity contribution in [2.45, 2.75) is 45.7 Å². The van der Waals surface area contributed by atoms with E-state index in [9.17, 15) is 14.4 Å². The summed E-state index contributed by atoms with van der Waals surface area (Å²) in [6.07, 6.45) is 2.73. The van der Waals surface area contributed by atoms with Crippen LogP contribution >= 0.6 is 11.3 Å². The molecule has 1 fully saturated rings. The Morgan fingerprint density at radius 1 is 1.20 bits per heavy atom. The monoisotopic (exact) mass is 495 g/mol. The number of nitrogens with two attached hydrogens (primary N) is 1. The summed E-state index contributed by atoms with van der Waals surface area (Å²) < 4.78 is 1.33. The first-order valence-electron chi connectivity index (χ1n) is 12.1. The first-order valence-corrected chi connectivity index (χ1v) is 13.0. The lowest BCUT2D eigenvalue weighted by atomic mass is 10.1. The highest BCUT2D eigenvalue weighted by Gasteiger charge is 2.31. The summed E-state index contributed by atoms with van der Waals surface area (Å²) in [7, 11) is 0. The Balaban J connectivity index is 1.66. The summed E-state index contributed by atoms with van der Waals surface area (Å²) in [5.74, 6) is 0.152. The molecule has 3 heterocycles. The number of hydrogen-bond acceptors (Lipinski definition) is 6. The first-order chi connectivity index (χ1) is 16.8. The van der Waals surface area contributed by atoms with Crippen molar-refractivity contribution >= 4 is 28.7 Å². The molecule has 35 heavy (non-hydrogen) atoms. The van der Waals surface area contributed by atoms with Crippen LogP contribution in [-0.2, 0) is 11.3 Å². The van der Waals surface area contributed by atoms with Gasteiger partial charge in [0.1, 0.15) is 5.82 Å². The van der Waals surface area contributed by atoms with Gasteiger partial charge in [0, 0.05) is 17.5 Å². The second-order valence-corrected chi connectivity index (χ2v) is 10.4. The molecule has 186 valence electrons. The number of likely N-dealkylation sites (tertiary alicyclic amines) is 1. The van der Waals surface area contributed by atoms with Crippen LogP contribution in [0.4, 0.5) is 11.5 Å². The predicted molar refractivity (Wildman–Crippen MR) is 141 cm³/mol. The van der Waals surface area contributed by atoms with Crippen LogP contribution < -0.4 is 21.9 Å². The van der Waals surface area contributed by atoms with Crippen LogP contribution in [0, 0.1) is 5.92 Å². The van der Waals surface area contributed by atoms with Gasteiger partial charge in [0.25, 0.3) is 5.56 Å². The van der Waals surface area contributed by atoms with E-state index in [1.807, 2.05) is 36.4 Å². The number of aromatic nitrogens is 2. The van der Waals surface area contributed by atoms with Crippen molar-refractivity contribution in [2.75, 3.05) is 30.3 Å². The van der Waals surface area contributed by atoms with Gasteiger partial charge in [-0.05, 0) is 48.7 Å². The molecule has 1 atom stereocenters. The van der Waals surface area contributed by atoms with E-state index in [0.29, 0.717) is 18.9 Å². The van der Waals surface area contributed by atoms with Gasteiger partial charge in [-0.15, -0.1) is 11.3 Å². The molecule has 0 unspecified atom stereocenters. The molecule has 0 saturated carbocycles. The van der Waals surface area contributed by atoms with E-state index in [1.165, 1.54) is 14.3 Å². The summed E-state index contributed by atoms with van der Waals surface area (Å²) in [6, 6.07) is 13.8. The number of nitrogen functional groups attached to an aromatic ring is 1. The molecular formula is C26H33N5O3S. The number of amides is 1. The van der Waals surface area contributed by atoms with E-state index in [0.717, 1.165) is 24.9 Å². The minimum atomic E-state index is -0.634. The zero-order valence-electron chi connectivity index (χ0n) is 20.3. The Kier molecular flexibility index (Phi) is 7.87. The minimum Gasteiger partial charge on any atom is -0.383 e. The molecule has 4 rings (SSSR count). The van der Waals surface area contributed by atoms with Crippen molar-refractivity contribution in [3.63, 3.8) is 0 Å². The van der Waals surface area contributed by atoms with Gasteiger partial charge >= 0.3 is 5.69 Å². The second kappa shape index (κ2) is 11.0. The van der Waals surface area contributed by atoms with Crippen molar-refractivity contribution in [1.29, 1.82) is 0 Å². The molecule has 1 aliphatic rings. The van der Waals surface area contributed by atoms with Crippen LogP contribution in [0.15, 0.2) is 57.4 Å². The van der Waals surface area contributed by atoms with E-state index in [4.69, 9.17) is 5.73 Å². The highest BCUT2D eigenvalue weighted by atomic mass is 32.1. The van der Waals surface area contributed by atoms with Crippen molar-refractivity contribution < 1.29 is 4.79 Å². The lowest BCUT2D eigenvalue weighted by molar-refractivity contribution is -0.120. The molecule has 0 aliphatic carbocycles. The third-order valence-electron chi connectivity index (χ3n) is 6.47. The van der Waals surface area contributed by atoms with Gasteiger partial charge in [0.15, 0.2) is 5.69 Å². The van der Waals surface area contributed by atoms with E-state index in [-0.39, 0.29) is 36.5 Å². The Morgan fingerprint density at radius 2 is 1.97 bits per heavy atom. The van der Waals surface area contributed by atoms with Gasteiger partial charge in [0.2, 0.25) is 5.91 Å². The molecular weight excluding hydrogens is 462 g/mol. The van der Waals surface area contributed by atoms with Crippen molar-refractivity contribution in [1.82, 2.24) is 14.5 Å². The molecule has 0 bridgehead atoms. The van der Waals surface area contributed by atoms with Gasteiger partial charge < -0.3 is 10.6 Å². The Morgan fingerprint density at radius 3 is 2.66 bits per heavy atom. The maximum Gasteiger partial charge on any atom is 0.330 e. The zero-order chi connectivity index (χ0) is 24.9. The standard InChI is InChI=1S/C26H33N5O3S/c1-18(2)12-14-30(22(32)17-29-13-6-10-20(29)21-11-7-15-35-21)23-24(27)31(26(34)28-25(23)33)16-19-8-4-3-5-9-19/h3-5,7-9,11,15,18,20H,6,10,12-14,16-17,27H2,1-2H3,(H,28,33,34)/t20-/m0/s1. The fourth-order valence-electron chi connectivity index (χ4n) is 4.59. The molecule has 3 aromatic rings. The van der Waals surface area contributed by atoms with E-state index in [2.05, 4.69) is 35.2 Å². The normalized spacial score (nSPS) is 16.1. The number of benzene rings is 1. The molecule has 9 heteroatoms. The van der Waals surface area contributed by atoms with Crippen LogP contribution in [0.25, 0.3) is 0 Å². The molecule has 3 N–H and O–H groups in total. The molecule has 1 saturated heterocycles. The Labute approximate surface area is 209 Å². The van der Waals surface area contributed by atoms with E-state index < -0.39 is 11.2 Å². The third kappa shape index (κ3) is 5.74. The molecule has 0 radical (unpaired) electrons. The minimum absolute atomic E-state index is 0.0101. The Bertz CT molecular complexity index is 1250. The largest absolute Gasteiger partial charge is 0.383 e. The summed E-state index contributed by atoms with van der Waals surface area (Å²) in [6.45, 7) is 5.71. The van der Waals surface area contributed by atoms with Crippen molar-refractivity contribution in [3.05, 3.63) is 79.1 Å². The molecule has 1 amide bonds. The van der Waals surface area contributed by atoms with Crippen LogP contribution in [0.1, 0.15) is 49.6 Å². The smallest absolute Gasteiger partial charge is 0.330 e. The zero-order valence-corrected chi connectivity index (χ0v) is 21.1. The number of anilines is 2. The number of aromatic amines is 1. The number of H-pyrrole nitrogens is 1. The van der Waals surface area contributed by atoms with Crippen LogP contribution in [-0.4, -0.2) is 40.0 Å². The highest BCUT2D eigenvalue weighted by Crippen LogP contribution is 2.34. The lowest BCUT2D eigenvalue weighted by Gasteiger charge is -2.29. The average Bonchev–Trinajstić information content (AvgIpc) is 3.51. The number of carbonyl (C=O) groups is 1. The van der Waals surface area contributed by atoms with Gasteiger partial charge in [-0.25, -0.2) is 4.79 Å². The number of hydrogen-bond donors (Lipinski definition) is 2. The van der Waals surface area contributed by atoms with Gasteiger partial charge in [-0.1, -0.05) is 50.2 Å². The Hall–Kier alpha value is -3.17. The first kappa shape index (κ1) is 24.9. The number of rotatable bonds is 9. The fourth-order valence-corrected chi connectivity index (χ4v) is 5.48. The summed E-state index contributed by atoms with van der Waals surface area (Å²) in [5, 5.41) is 2.05. The molecule has 8 nitrogen and oxygen atoms in total. The summed E-state index contributed by atoms with van der Waals surface area (Å²) in [5.41, 5.74) is 6.13. The summed E-state index contributed by atoms with van der Waals surface area (Å²) in [4.78, 5) is 46.6. The lowest BCUT2D eigenvalue weighted by Crippen LogP contribution is -2.45. The third-order valence-corrected chi connectivity index (χ3v) is 7.45. The maximum absolute atomic E-state index is 13.7. The van der Waals surface area contributed by atoms with Crippen molar-refractivity contribution in [2.24, 2.45) is 5.92 Å². The molecule has 1 aliphatic heterocycles. The van der Waals surface area contributed by atoms with Crippen molar-refractivity contribution in [3.8, 4) is 0 Å². The van der Waals surface area contributed by atoms with Crippen LogP contribution in [0.5, 0.6) is 0 Å². The fraction of sp³-hybridized carbons (Fsp3) is 0.423. The number of nitrogens with zero attached hydrogens (tertiary/aromatic N) is 3. The second-order valence-electron chi connectivity index (χ2n) is 9.44. The van der Waals surface area contributed by atoms with Crippen LogP contribution in [0.3, 0.4) is 0 Å². The van der Waals surface area contributed by atoms with Crippen LogP contribution in [0.2, 0.25) is 0 Å². The van der Waals surface area contributed by atoms with Gasteiger partial charge in [-0.3, -0.25) is 24.0 Å². The molecule has 0 spiro atoms. The van der Waals surface area contributed by atoms with E-state index >= 15 is 0 Å². The quantitative estimate of drug-likeness (QED) is 0.473. The number of carbonyl (C=O) groups excluding carboxylic acids is 1. The average molecular weight is 496 g/mol. The maximum atomic E-state index is 13.7.